The fourth-order valence-electron chi connectivity index (χ4n) is 5.25. The molecule has 2 heterocycles. The van der Waals surface area contributed by atoms with Gasteiger partial charge in [-0.15, -0.1) is 11.3 Å². The molecule has 5 rings (SSSR count). The van der Waals surface area contributed by atoms with E-state index in [1.807, 2.05) is 33.2 Å². The van der Waals surface area contributed by atoms with Crippen LogP contribution in [0.15, 0.2) is 42.6 Å². The van der Waals surface area contributed by atoms with E-state index in [0.29, 0.717) is 6.04 Å². The molecule has 0 spiro atoms. The number of hydrogen-bond acceptors (Lipinski definition) is 6. The lowest BCUT2D eigenvalue weighted by atomic mass is 10.0. The fourth-order valence-corrected chi connectivity index (χ4v) is 6.21. The number of likely N-dealkylation sites (tertiary alicyclic amines) is 1. The first-order valence-corrected chi connectivity index (χ1v) is 13.5. The Morgan fingerprint density at radius 3 is 2.82 bits per heavy atom. The highest BCUT2D eigenvalue weighted by atomic mass is 32.1. The minimum atomic E-state index is 0.142. The third-order valence-electron chi connectivity index (χ3n) is 6.92. The molecule has 3 aromatic rings. The van der Waals surface area contributed by atoms with Crippen LogP contribution in [0, 0.1) is 0 Å². The Labute approximate surface area is 207 Å². The predicted octanol–water partition coefficient (Wildman–Crippen LogP) is 5.98. The molecular weight excluding hydrogens is 440 g/mol. The minimum absolute atomic E-state index is 0.142. The van der Waals surface area contributed by atoms with Crippen molar-refractivity contribution in [2.75, 3.05) is 38.5 Å². The number of ether oxygens (including phenoxy) is 1. The number of aromatic nitrogens is 1. The maximum atomic E-state index is 5.93. The van der Waals surface area contributed by atoms with Crippen LogP contribution >= 0.6 is 11.3 Å². The van der Waals surface area contributed by atoms with E-state index in [4.69, 9.17) is 9.72 Å². The van der Waals surface area contributed by atoms with Crippen LogP contribution in [-0.2, 0) is 6.42 Å². The average molecular weight is 477 g/mol. The smallest absolute Gasteiger partial charge is 0.142 e. The van der Waals surface area contributed by atoms with E-state index >= 15 is 0 Å². The first-order valence-electron chi connectivity index (χ1n) is 12.6. The lowest BCUT2D eigenvalue weighted by Gasteiger charge is -2.18. The summed E-state index contributed by atoms with van der Waals surface area (Å²) in [6.45, 7) is 8.87. The summed E-state index contributed by atoms with van der Waals surface area (Å²) in [6.07, 6.45) is 7.22. The van der Waals surface area contributed by atoms with Gasteiger partial charge >= 0.3 is 0 Å². The van der Waals surface area contributed by atoms with Gasteiger partial charge < -0.3 is 20.3 Å². The van der Waals surface area contributed by atoms with Gasteiger partial charge in [0.2, 0.25) is 0 Å². The standard InChI is InChI=1S/C28H36N4OS/c1-19(2)33-26-12-9-20(17-25(26)29-3)28-31-18-27(34-28)23-8-6-7-22-21(23)10-11-24(22)30-13-16-32-14-4-5-15-32/h6-9,12,17-19,24,29-30H,4-5,10-11,13-16H2,1-3H3/t24-/m0/s1. The van der Waals surface area contributed by atoms with Gasteiger partial charge in [-0.3, -0.25) is 0 Å². The van der Waals surface area contributed by atoms with Gasteiger partial charge in [0, 0.05) is 37.9 Å². The molecule has 1 aliphatic carbocycles. The number of fused-ring (bicyclic) bond motifs is 1. The van der Waals surface area contributed by atoms with Crippen molar-refractivity contribution in [1.29, 1.82) is 0 Å². The van der Waals surface area contributed by atoms with Gasteiger partial charge in [0.15, 0.2) is 0 Å². The number of hydrogen-bond donors (Lipinski definition) is 2. The van der Waals surface area contributed by atoms with E-state index in [9.17, 15) is 0 Å². The molecule has 1 fully saturated rings. The largest absolute Gasteiger partial charge is 0.489 e. The van der Waals surface area contributed by atoms with Gasteiger partial charge in [0.05, 0.1) is 16.7 Å². The van der Waals surface area contributed by atoms with Crippen molar-refractivity contribution in [2.24, 2.45) is 0 Å². The van der Waals surface area contributed by atoms with Crippen LogP contribution in [0.2, 0.25) is 0 Å². The number of thiazole rings is 1. The zero-order valence-corrected chi connectivity index (χ0v) is 21.4. The van der Waals surface area contributed by atoms with Gasteiger partial charge in [-0.1, -0.05) is 18.2 Å². The first-order chi connectivity index (χ1) is 16.6. The van der Waals surface area contributed by atoms with Crippen molar-refractivity contribution < 1.29 is 4.74 Å². The number of anilines is 1. The Bertz CT molecular complexity index is 1120. The van der Waals surface area contributed by atoms with Crippen LogP contribution in [0.5, 0.6) is 5.75 Å². The third kappa shape index (κ3) is 4.99. The van der Waals surface area contributed by atoms with Crippen molar-refractivity contribution in [1.82, 2.24) is 15.2 Å². The summed E-state index contributed by atoms with van der Waals surface area (Å²) in [4.78, 5) is 8.63. The summed E-state index contributed by atoms with van der Waals surface area (Å²) in [5.41, 5.74) is 6.42. The molecule has 180 valence electrons. The quantitative estimate of drug-likeness (QED) is 0.398. The topological polar surface area (TPSA) is 49.4 Å². The molecule has 0 unspecified atom stereocenters. The van der Waals surface area contributed by atoms with Gasteiger partial charge in [0.1, 0.15) is 10.8 Å². The highest BCUT2D eigenvalue weighted by Crippen LogP contribution is 2.41. The number of benzene rings is 2. The van der Waals surface area contributed by atoms with E-state index in [1.165, 1.54) is 60.5 Å². The molecule has 34 heavy (non-hydrogen) atoms. The van der Waals surface area contributed by atoms with Crippen molar-refractivity contribution in [3.8, 4) is 26.8 Å². The fraction of sp³-hybridized carbons (Fsp3) is 0.464. The molecule has 5 nitrogen and oxygen atoms in total. The van der Waals surface area contributed by atoms with Crippen LogP contribution in [0.25, 0.3) is 21.0 Å². The first kappa shape index (κ1) is 23.3. The molecule has 0 radical (unpaired) electrons. The van der Waals surface area contributed by atoms with Crippen LogP contribution in [-0.4, -0.2) is 49.2 Å². The van der Waals surface area contributed by atoms with E-state index in [0.717, 1.165) is 35.0 Å². The Morgan fingerprint density at radius 1 is 1.18 bits per heavy atom. The van der Waals surface area contributed by atoms with Gasteiger partial charge in [0.25, 0.3) is 0 Å². The SMILES string of the molecule is CNc1cc(-c2ncc(-c3cccc4c3CC[C@@H]4NCCN3CCCC3)s2)ccc1OC(C)C. The highest BCUT2D eigenvalue weighted by Gasteiger charge is 2.25. The Morgan fingerprint density at radius 2 is 2.03 bits per heavy atom. The molecule has 1 aromatic heterocycles. The molecule has 6 heteroatoms. The van der Waals surface area contributed by atoms with Crippen molar-refractivity contribution >= 4 is 17.0 Å². The molecule has 2 aromatic carbocycles. The normalized spacial score (nSPS) is 17.9. The highest BCUT2D eigenvalue weighted by molar-refractivity contribution is 7.18. The van der Waals surface area contributed by atoms with E-state index < -0.39 is 0 Å². The number of nitrogens with zero attached hydrogens (tertiary/aromatic N) is 2. The molecule has 0 bridgehead atoms. The van der Waals surface area contributed by atoms with Gasteiger partial charge in [-0.05, 0) is 87.5 Å². The van der Waals surface area contributed by atoms with Gasteiger partial charge in [-0.25, -0.2) is 4.98 Å². The van der Waals surface area contributed by atoms with Crippen LogP contribution in [0.4, 0.5) is 5.69 Å². The summed E-state index contributed by atoms with van der Waals surface area (Å²) in [7, 11) is 1.93. The molecule has 1 aliphatic heterocycles. The van der Waals surface area contributed by atoms with E-state index in [2.05, 4.69) is 45.9 Å². The molecule has 2 aliphatic rings. The summed E-state index contributed by atoms with van der Waals surface area (Å²) in [5, 5.41) is 8.14. The lowest BCUT2D eigenvalue weighted by Crippen LogP contribution is -2.31. The third-order valence-corrected chi connectivity index (χ3v) is 8.00. The Kier molecular flexibility index (Phi) is 7.18. The van der Waals surface area contributed by atoms with Crippen LogP contribution in [0.3, 0.4) is 0 Å². The second kappa shape index (κ2) is 10.5. The summed E-state index contributed by atoms with van der Waals surface area (Å²) >= 11 is 1.77. The zero-order chi connectivity index (χ0) is 23.5. The number of rotatable bonds is 9. The lowest BCUT2D eigenvalue weighted by molar-refractivity contribution is 0.244. The zero-order valence-electron chi connectivity index (χ0n) is 20.6. The average Bonchev–Trinajstić information content (AvgIpc) is 3.60. The van der Waals surface area contributed by atoms with Crippen LogP contribution in [0.1, 0.15) is 50.3 Å². The Hall–Kier alpha value is -2.41. The molecule has 2 N–H and O–H groups in total. The number of nitrogens with one attached hydrogen (secondary N) is 2. The van der Waals surface area contributed by atoms with E-state index in [-0.39, 0.29) is 6.10 Å². The monoisotopic (exact) mass is 476 g/mol. The van der Waals surface area contributed by atoms with Gasteiger partial charge in [-0.2, -0.15) is 0 Å². The Balaban J connectivity index is 1.32. The van der Waals surface area contributed by atoms with Crippen molar-refractivity contribution in [3.05, 3.63) is 53.7 Å². The van der Waals surface area contributed by atoms with E-state index in [1.54, 1.807) is 11.3 Å². The molecule has 1 atom stereocenters. The molecule has 0 saturated carbocycles. The predicted molar refractivity (Wildman–Crippen MR) is 143 cm³/mol. The summed E-state index contributed by atoms with van der Waals surface area (Å²) < 4.78 is 5.93. The maximum absolute atomic E-state index is 5.93. The maximum Gasteiger partial charge on any atom is 0.142 e. The summed E-state index contributed by atoms with van der Waals surface area (Å²) in [6, 6.07) is 13.5. The molecule has 0 amide bonds. The minimum Gasteiger partial charge on any atom is -0.489 e. The van der Waals surface area contributed by atoms with Crippen LogP contribution < -0.4 is 15.4 Å². The van der Waals surface area contributed by atoms with Crippen molar-refractivity contribution in [3.63, 3.8) is 0 Å². The van der Waals surface area contributed by atoms with Crippen molar-refractivity contribution in [2.45, 2.75) is 51.7 Å². The second-order valence-corrected chi connectivity index (χ2v) is 10.7. The molecule has 1 saturated heterocycles. The second-order valence-electron chi connectivity index (χ2n) is 9.62. The summed E-state index contributed by atoms with van der Waals surface area (Å²) in [5.74, 6) is 0.877. The molecular formula is C28H36N4OS.